The molecular formula is C12H20N2O3S. The molecule has 0 bridgehead atoms. The molecule has 0 aromatic heterocycles. The van der Waals surface area contributed by atoms with E-state index in [1.807, 2.05) is 4.90 Å². The molecule has 0 N–H and O–H groups in total. The number of hydrogen-bond acceptors (Lipinski definition) is 3. The summed E-state index contributed by atoms with van der Waals surface area (Å²) in [4.78, 5) is 14.2. The first kappa shape index (κ1) is 13.5. The minimum absolute atomic E-state index is 0.00773. The van der Waals surface area contributed by atoms with Crippen LogP contribution < -0.4 is 0 Å². The number of hydrogen-bond donors (Lipinski definition) is 0. The highest BCUT2D eigenvalue weighted by atomic mass is 32.2. The average Bonchev–Trinajstić information content (AvgIpc) is 2.77. The molecule has 18 heavy (non-hydrogen) atoms. The van der Waals surface area contributed by atoms with Gasteiger partial charge in [-0.05, 0) is 26.2 Å². The van der Waals surface area contributed by atoms with Crippen molar-refractivity contribution in [2.24, 2.45) is 0 Å². The maximum atomic E-state index is 12.3. The first-order chi connectivity index (χ1) is 8.39. The van der Waals surface area contributed by atoms with Crippen molar-refractivity contribution < 1.29 is 13.2 Å². The van der Waals surface area contributed by atoms with Crippen LogP contribution in [-0.2, 0) is 14.8 Å². The number of sulfonamides is 1. The lowest BCUT2D eigenvalue weighted by molar-refractivity contribution is -0.130. The Morgan fingerprint density at radius 2 is 2.11 bits per heavy atom. The van der Waals surface area contributed by atoms with Crippen LogP contribution in [0.15, 0.2) is 11.6 Å². The van der Waals surface area contributed by atoms with Gasteiger partial charge in [0, 0.05) is 31.2 Å². The molecule has 1 saturated heterocycles. The van der Waals surface area contributed by atoms with E-state index >= 15 is 0 Å². The summed E-state index contributed by atoms with van der Waals surface area (Å²) < 4.78 is 24.1. The van der Waals surface area contributed by atoms with Gasteiger partial charge in [0.2, 0.25) is 10.0 Å². The van der Waals surface area contributed by atoms with E-state index in [0.717, 1.165) is 19.4 Å². The number of nitrogens with zero attached hydrogens (tertiary/aromatic N) is 2. The predicted molar refractivity (Wildman–Crippen MR) is 69.5 cm³/mol. The van der Waals surface area contributed by atoms with Crippen molar-refractivity contribution >= 4 is 15.9 Å². The number of rotatable bonds is 2. The summed E-state index contributed by atoms with van der Waals surface area (Å²) in [6.07, 6.45) is 6.16. The Kier molecular flexibility index (Phi) is 3.77. The largest absolute Gasteiger partial charge is 0.336 e. The van der Waals surface area contributed by atoms with E-state index in [0.29, 0.717) is 12.1 Å². The van der Waals surface area contributed by atoms with Crippen LogP contribution in [0.5, 0.6) is 0 Å². The van der Waals surface area contributed by atoms with Gasteiger partial charge in [0.25, 0.3) is 5.91 Å². The molecular weight excluding hydrogens is 252 g/mol. The van der Waals surface area contributed by atoms with Crippen molar-refractivity contribution in [1.29, 1.82) is 0 Å². The second-order valence-electron chi connectivity index (χ2n) is 5.13. The number of carbonyl (C=O) groups excluding carboxylic acids is 1. The monoisotopic (exact) mass is 272 g/mol. The Labute approximate surface area is 108 Å². The van der Waals surface area contributed by atoms with Crippen molar-refractivity contribution in [2.75, 3.05) is 25.9 Å². The van der Waals surface area contributed by atoms with Gasteiger partial charge in [-0.25, -0.2) is 8.42 Å². The van der Waals surface area contributed by atoms with Crippen LogP contribution in [0.25, 0.3) is 0 Å². The normalized spacial score (nSPS) is 26.2. The van der Waals surface area contributed by atoms with E-state index in [1.165, 1.54) is 17.0 Å². The van der Waals surface area contributed by atoms with Crippen molar-refractivity contribution in [1.82, 2.24) is 9.21 Å². The predicted octanol–water partition coefficient (Wildman–Crippen LogP) is 0.589. The molecule has 6 heteroatoms. The van der Waals surface area contributed by atoms with Crippen molar-refractivity contribution in [3.05, 3.63) is 11.6 Å². The fourth-order valence-electron chi connectivity index (χ4n) is 2.52. The molecule has 0 saturated carbocycles. The Hall–Kier alpha value is -0.880. The van der Waals surface area contributed by atoms with Crippen LogP contribution in [0.2, 0.25) is 0 Å². The van der Waals surface area contributed by atoms with Crippen LogP contribution in [0.3, 0.4) is 0 Å². The van der Waals surface area contributed by atoms with E-state index < -0.39 is 10.0 Å². The average molecular weight is 272 g/mol. The third kappa shape index (κ3) is 2.75. The highest BCUT2D eigenvalue weighted by molar-refractivity contribution is 7.88. The molecule has 2 aliphatic heterocycles. The molecule has 0 aromatic carbocycles. The van der Waals surface area contributed by atoms with E-state index in [-0.39, 0.29) is 18.5 Å². The molecule has 0 aliphatic carbocycles. The smallest absolute Gasteiger partial charge is 0.251 e. The van der Waals surface area contributed by atoms with Crippen LogP contribution in [0, 0.1) is 0 Å². The molecule has 1 amide bonds. The zero-order valence-electron chi connectivity index (χ0n) is 10.9. The Balaban J connectivity index is 2.03. The summed E-state index contributed by atoms with van der Waals surface area (Å²) in [6.45, 7) is 3.39. The molecule has 1 fully saturated rings. The zero-order valence-corrected chi connectivity index (χ0v) is 11.7. The Bertz CT molecular complexity index is 470. The lowest BCUT2D eigenvalue weighted by Gasteiger charge is -2.33. The number of likely N-dealkylation sites (tertiary alicyclic amines) is 1. The summed E-state index contributed by atoms with van der Waals surface area (Å²) >= 11 is 0. The fourth-order valence-corrected chi connectivity index (χ4v) is 3.24. The number of amides is 1. The van der Waals surface area contributed by atoms with E-state index in [4.69, 9.17) is 0 Å². The third-order valence-electron chi connectivity index (χ3n) is 3.70. The van der Waals surface area contributed by atoms with Crippen LogP contribution >= 0.6 is 0 Å². The number of carbonyl (C=O) groups is 1. The second kappa shape index (κ2) is 5.01. The van der Waals surface area contributed by atoms with E-state index in [9.17, 15) is 13.2 Å². The molecule has 2 heterocycles. The fraction of sp³-hybridized carbons (Fsp3) is 0.750. The van der Waals surface area contributed by atoms with Crippen molar-refractivity contribution in [3.8, 4) is 0 Å². The highest BCUT2D eigenvalue weighted by Gasteiger charge is 2.31. The standard InChI is InChI=1S/C12H20N2O3S/c1-10-5-3-4-7-14(10)12(15)11-6-8-13(9-11)18(2,16)17/h6,10H,3-5,7-9H2,1-2H3. The van der Waals surface area contributed by atoms with E-state index in [2.05, 4.69) is 6.92 Å². The molecule has 2 rings (SSSR count). The van der Waals surface area contributed by atoms with Gasteiger partial charge in [0.05, 0.1) is 6.26 Å². The molecule has 102 valence electrons. The van der Waals surface area contributed by atoms with Crippen LogP contribution in [-0.4, -0.2) is 55.5 Å². The summed E-state index contributed by atoms with van der Waals surface area (Å²) in [5.74, 6) is 0.00773. The summed E-state index contributed by atoms with van der Waals surface area (Å²) in [5, 5.41) is 0. The number of piperidine rings is 1. The van der Waals surface area contributed by atoms with Crippen molar-refractivity contribution in [2.45, 2.75) is 32.2 Å². The highest BCUT2D eigenvalue weighted by Crippen LogP contribution is 2.21. The molecule has 0 radical (unpaired) electrons. The second-order valence-corrected chi connectivity index (χ2v) is 7.11. The maximum absolute atomic E-state index is 12.3. The van der Waals surface area contributed by atoms with Gasteiger partial charge in [0.15, 0.2) is 0 Å². The third-order valence-corrected chi connectivity index (χ3v) is 4.91. The molecule has 0 spiro atoms. The Morgan fingerprint density at radius 3 is 2.67 bits per heavy atom. The maximum Gasteiger partial charge on any atom is 0.251 e. The van der Waals surface area contributed by atoms with Crippen LogP contribution in [0.1, 0.15) is 26.2 Å². The summed E-state index contributed by atoms with van der Waals surface area (Å²) in [5.41, 5.74) is 0.620. The van der Waals surface area contributed by atoms with Gasteiger partial charge in [-0.15, -0.1) is 0 Å². The topological polar surface area (TPSA) is 57.7 Å². The molecule has 2 aliphatic rings. The van der Waals surface area contributed by atoms with Gasteiger partial charge >= 0.3 is 0 Å². The van der Waals surface area contributed by atoms with Gasteiger partial charge in [-0.2, -0.15) is 4.31 Å². The Morgan fingerprint density at radius 1 is 1.39 bits per heavy atom. The lowest BCUT2D eigenvalue weighted by Crippen LogP contribution is -2.43. The molecule has 1 atom stereocenters. The molecule has 5 nitrogen and oxygen atoms in total. The van der Waals surface area contributed by atoms with Crippen LogP contribution in [0.4, 0.5) is 0 Å². The minimum Gasteiger partial charge on any atom is -0.336 e. The van der Waals surface area contributed by atoms with Crippen molar-refractivity contribution in [3.63, 3.8) is 0 Å². The SMILES string of the molecule is CC1CCCCN1C(=O)C1=CCN(S(C)(=O)=O)C1. The first-order valence-corrected chi connectivity index (χ1v) is 8.19. The van der Waals surface area contributed by atoms with Gasteiger partial charge in [-0.1, -0.05) is 6.08 Å². The van der Waals surface area contributed by atoms with Gasteiger partial charge in [0.1, 0.15) is 0 Å². The quantitative estimate of drug-likeness (QED) is 0.739. The summed E-state index contributed by atoms with van der Waals surface area (Å²) in [7, 11) is -3.20. The molecule has 0 aromatic rings. The zero-order chi connectivity index (χ0) is 13.3. The molecule has 1 unspecified atom stereocenters. The lowest BCUT2D eigenvalue weighted by atomic mass is 10.0. The first-order valence-electron chi connectivity index (χ1n) is 6.34. The van der Waals surface area contributed by atoms with Gasteiger partial charge < -0.3 is 4.90 Å². The van der Waals surface area contributed by atoms with E-state index in [1.54, 1.807) is 6.08 Å². The summed E-state index contributed by atoms with van der Waals surface area (Å²) in [6, 6.07) is 0.263. The minimum atomic E-state index is -3.20. The van der Waals surface area contributed by atoms with Gasteiger partial charge in [-0.3, -0.25) is 4.79 Å².